The molecule has 3 nitrogen and oxygen atoms in total. The summed E-state index contributed by atoms with van der Waals surface area (Å²) in [6.07, 6.45) is -3.97. The van der Waals surface area contributed by atoms with E-state index in [1.807, 2.05) is 30.3 Å². The molecule has 0 saturated carbocycles. The molecule has 1 aromatic heterocycles. The maximum absolute atomic E-state index is 13.3. The fraction of sp³-hybridized carbons (Fsp3) is 0.333. The first kappa shape index (κ1) is 18.1. The predicted octanol–water partition coefficient (Wildman–Crippen LogP) is 4.94. The highest BCUT2D eigenvalue weighted by atomic mass is 19.4. The van der Waals surface area contributed by atoms with Crippen molar-refractivity contribution < 1.29 is 22.7 Å². The Morgan fingerprint density at radius 3 is 2.37 bits per heavy atom. The zero-order valence-corrected chi connectivity index (χ0v) is 14.7. The summed E-state index contributed by atoms with van der Waals surface area (Å²) in [5, 5.41) is 12.0. The normalized spacial score (nSPS) is 18.1. The van der Waals surface area contributed by atoms with Gasteiger partial charge in [0.15, 0.2) is 0 Å². The third kappa shape index (κ3) is 3.59. The van der Waals surface area contributed by atoms with E-state index in [1.54, 1.807) is 6.07 Å². The summed E-state index contributed by atoms with van der Waals surface area (Å²) < 4.78 is 45.7. The molecule has 2 heterocycles. The van der Waals surface area contributed by atoms with E-state index in [-0.39, 0.29) is 18.4 Å². The van der Waals surface area contributed by atoms with Crippen LogP contribution in [0.25, 0.3) is 11.0 Å². The van der Waals surface area contributed by atoms with Crippen molar-refractivity contribution in [1.82, 2.24) is 4.90 Å². The number of likely N-dealkylation sites (tertiary alicyclic amines) is 1. The second-order valence-corrected chi connectivity index (χ2v) is 7.10. The fourth-order valence-corrected chi connectivity index (χ4v) is 3.82. The minimum absolute atomic E-state index is 0.0270. The van der Waals surface area contributed by atoms with Gasteiger partial charge in [-0.25, -0.2) is 0 Å². The molecule has 27 heavy (non-hydrogen) atoms. The number of rotatable bonds is 3. The molecule has 0 aliphatic carbocycles. The van der Waals surface area contributed by atoms with Crippen molar-refractivity contribution in [1.29, 1.82) is 0 Å². The molecule has 6 heteroatoms. The van der Waals surface area contributed by atoms with Crippen LogP contribution in [0.5, 0.6) is 0 Å². The van der Waals surface area contributed by atoms with E-state index in [4.69, 9.17) is 4.42 Å². The second kappa shape index (κ2) is 6.69. The lowest BCUT2D eigenvalue weighted by molar-refractivity contribution is -0.142. The van der Waals surface area contributed by atoms with Crippen LogP contribution in [0.4, 0.5) is 13.2 Å². The van der Waals surface area contributed by atoms with E-state index in [0.29, 0.717) is 19.6 Å². The number of aliphatic hydroxyl groups is 1. The third-order valence-corrected chi connectivity index (χ3v) is 5.27. The number of furan rings is 1. The lowest BCUT2D eigenvalue weighted by atomic mass is 9.81. The van der Waals surface area contributed by atoms with Crippen LogP contribution in [0.15, 0.2) is 59.0 Å². The Morgan fingerprint density at radius 2 is 1.67 bits per heavy atom. The molecular formula is C21H20F3NO2. The molecule has 3 aromatic rings. The van der Waals surface area contributed by atoms with Crippen LogP contribution in [0.3, 0.4) is 0 Å². The molecule has 1 saturated heterocycles. The lowest BCUT2D eigenvalue weighted by Crippen LogP contribution is -2.43. The van der Waals surface area contributed by atoms with Gasteiger partial charge in [-0.15, -0.1) is 0 Å². The molecule has 1 aliphatic heterocycles. The summed E-state index contributed by atoms with van der Waals surface area (Å²) in [5.74, 6) is 0.817. The van der Waals surface area contributed by atoms with Gasteiger partial charge < -0.3 is 9.52 Å². The lowest BCUT2D eigenvalue weighted by Gasteiger charge is -2.39. The zero-order chi connectivity index (χ0) is 19.1. The number of hydrogen-bond donors (Lipinski definition) is 1. The van der Waals surface area contributed by atoms with Gasteiger partial charge >= 0.3 is 6.18 Å². The molecule has 1 fully saturated rings. The summed E-state index contributed by atoms with van der Waals surface area (Å²) in [6.45, 7) is 1.57. The van der Waals surface area contributed by atoms with Gasteiger partial charge in [0.1, 0.15) is 11.3 Å². The number of benzene rings is 2. The molecule has 0 amide bonds. The number of piperidine rings is 1. The van der Waals surface area contributed by atoms with E-state index in [9.17, 15) is 18.3 Å². The van der Waals surface area contributed by atoms with Gasteiger partial charge in [-0.1, -0.05) is 36.4 Å². The SMILES string of the molecule is OC1(c2ccccc2C(F)(F)F)CCN(Cc2cc3ccccc3o2)CC1. The van der Waals surface area contributed by atoms with Crippen molar-refractivity contribution in [3.05, 3.63) is 71.5 Å². The van der Waals surface area contributed by atoms with Gasteiger partial charge in [0.05, 0.1) is 17.7 Å². The number of fused-ring (bicyclic) bond motifs is 1. The number of hydrogen-bond acceptors (Lipinski definition) is 3. The Hall–Kier alpha value is -2.31. The summed E-state index contributed by atoms with van der Waals surface area (Å²) in [4.78, 5) is 2.10. The van der Waals surface area contributed by atoms with Gasteiger partial charge in [-0.3, -0.25) is 4.90 Å². The molecule has 142 valence electrons. The Kier molecular flexibility index (Phi) is 4.48. The number of nitrogens with zero attached hydrogens (tertiary/aromatic N) is 1. The van der Waals surface area contributed by atoms with E-state index in [0.717, 1.165) is 22.8 Å². The third-order valence-electron chi connectivity index (χ3n) is 5.27. The molecule has 0 spiro atoms. The minimum atomic E-state index is -4.47. The summed E-state index contributed by atoms with van der Waals surface area (Å²) in [7, 11) is 0. The number of halogens is 3. The monoisotopic (exact) mass is 375 g/mol. The average Bonchev–Trinajstić information content (AvgIpc) is 3.05. The first-order valence-corrected chi connectivity index (χ1v) is 8.94. The van der Waals surface area contributed by atoms with Gasteiger partial charge in [-0.2, -0.15) is 13.2 Å². The van der Waals surface area contributed by atoms with Crippen molar-refractivity contribution in [2.24, 2.45) is 0 Å². The smallest absolute Gasteiger partial charge is 0.416 e. The Balaban J connectivity index is 1.48. The number of para-hydroxylation sites is 1. The van der Waals surface area contributed by atoms with Gasteiger partial charge in [0.2, 0.25) is 0 Å². The van der Waals surface area contributed by atoms with E-state index < -0.39 is 17.3 Å². The summed E-state index contributed by atoms with van der Waals surface area (Å²) in [5.41, 5.74) is -1.42. The van der Waals surface area contributed by atoms with E-state index in [2.05, 4.69) is 4.90 Å². The minimum Gasteiger partial charge on any atom is -0.460 e. The zero-order valence-electron chi connectivity index (χ0n) is 14.7. The summed E-state index contributed by atoms with van der Waals surface area (Å²) in [6, 6.07) is 15.0. The van der Waals surface area contributed by atoms with Crippen LogP contribution in [0.1, 0.15) is 29.7 Å². The van der Waals surface area contributed by atoms with E-state index >= 15 is 0 Å². The highest BCUT2D eigenvalue weighted by Crippen LogP contribution is 2.41. The molecule has 1 aliphatic rings. The number of alkyl halides is 3. The van der Waals surface area contributed by atoms with Gasteiger partial charge in [0, 0.05) is 18.5 Å². The first-order chi connectivity index (χ1) is 12.9. The topological polar surface area (TPSA) is 36.6 Å². The van der Waals surface area contributed by atoms with Crippen LogP contribution in [0.2, 0.25) is 0 Å². The quantitative estimate of drug-likeness (QED) is 0.705. The van der Waals surface area contributed by atoms with Gasteiger partial charge in [0.25, 0.3) is 0 Å². The van der Waals surface area contributed by atoms with Crippen LogP contribution < -0.4 is 0 Å². The maximum Gasteiger partial charge on any atom is 0.416 e. The van der Waals surface area contributed by atoms with Crippen molar-refractivity contribution in [3.8, 4) is 0 Å². The molecule has 0 atom stereocenters. The molecule has 0 radical (unpaired) electrons. The molecule has 1 N–H and O–H groups in total. The van der Waals surface area contributed by atoms with Crippen molar-refractivity contribution in [3.63, 3.8) is 0 Å². The largest absolute Gasteiger partial charge is 0.460 e. The fourth-order valence-electron chi connectivity index (χ4n) is 3.82. The average molecular weight is 375 g/mol. The van der Waals surface area contributed by atoms with Crippen molar-refractivity contribution in [2.45, 2.75) is 31.2 Å². The Bertz CT molecular complexity index is 907. The summed E-state index contributed by atoms with van der Waals surface area (Å²) >= 11 is 0. The van der Waals surface area contributed by atoms with Crippen LogP contribution in [-0.2, 0) is 18.3 Å². The molecule has 2 aromatic carbocycles. The first-order valence-electron chi connectivity index (χ1n) is 8.94. The molecule has 4 rings (SSSR count). The molecule has 0 bridgehead atoms. The second-order valence-electron chi connectivity index (χ2n) is 7.10. The highest BCUT2D eigenvalue weighted by molar-refractivity contribution is 5.77. The van der Waals surface area contributed by atoms with Gasteiger partial charge in [-0.05, 0) is 36.6 Å². The van der Waals surface area contributed by atoms with Crippen molar-refractivity contribution >= 4 is 11.0 Å². The van der Waals surface area contributed by atoms with Crippen LogP contribution in [-0.4, -0.2) is 23.1 Å². The Labute approximate surface area is 155 Å². The Morgan fingerprint density at radius 1 is 1.00 bits per heavy atom. The molecule has 0 unspecified atom stereocenters. The standard InChI is InChI=1S/C21H20F3NO2/c22-21(23,24)18-7-3-2-6-17(18)20(26)9-11-25(12-10-20)14-16-13-15-5-1-4-8-19(15)27-16/h1-8,13,26H,9-12,14H2. The van der Waals surface area contributed by atoms with Crippen molar-refractivity contribution in [2.75, 3.05) is 13.1 Å². The maximum atomic E-state index is 13.3. The van der Waals surface area contributed by atoms with Crippen LogP contribution in [0, 0.1) is 0 Å². The predicted molar refractivity (Wildman–Crippen MR) is 96.1 cm³/mol. The highest BCUT2D eigenvalue weighted by Gasteiger charge is 2.42. The van der Waals surface area contributed by atoms with E-state index in [1.165, 1.54) is 12.1 Å². The molecular weight excluding hydrogens is 355 g/mol. The van der Waals surface area contributed by atoms with Crippen LogP contribution >= 0.6 is 0 Å².